The lowest BCUT2D eigenvalue weighted by Gasteiger charge is -2.27. The van der Waals surface area contributed by atoms with E-state index in [2.05, 4.69) is 46.0 Å². The van der Waals surface area contributed by atoms with Gasteiger partial charge in [0.2, 0.25) is 0 Å². The Kier molecular flexibility index (Phi) is 5.54. The maximum Gasteiger partial charge on any atom is 0.265 e. The largest absolute Gasteiger partial charge is 0.382 e. The van der Waals surface area contributed by atoms with Gasteiger partial charge in [0.25, 0.3) is 5.91 Å². The molecule has 2 heterocycles. The normalized spacial score (nSPS) is 19.7. The summed E-state index contributed by atoms with van der Waals surface area (Å²) in [5.74, 6) is 0.273. The number of carbonyl (C=O) groups is 1. The number of aliphatic hydroxyl groups is 1. The zero-order valence-corrected chi connectivity index (χ0v) is 17.7. The molecule has 0 saturated heterocycles. The molecular weight excluding hydrogens is 376 g/mol. The number of nitrogens with zero attached hydrogens (tertiary/aromatic N) is 2. The van der Waals surface area contributed by atoms with E-state index in [-0.39, 0.29) is 11.9 Å². The van der Waals surface area contributed by atoms with Crippen LogP contribution in [0.3, 0.4) is 0 Å². The number of hydrazine groups is 1. The molecule has 156 valence electrons. The Bertz CT molecular complexity index is 1020. The first-order valence-corrected chi connectivity index (χ1v) is 10.4. The zero-order valence-electron chi connectivity index (χ0n) is 17.7. The minimum Gasteiger partial charge on any atom is -0.382 e. The molecule has 2 aromatic rings. The molecule has 6 heteroatoms. The number of nitrogens with one attached hydrogen (secondary N) is 2. The first-order valence-electron chi connectivity index (χ1n) is 10.4. The molecule has 1 aliphatic heterocycles. The molecule has 0 spiro atoms. The van der Waals surface area contributed by atoms with Gasteiger partial charge in [0.15, 0.2) is 5.82 Å². The van der Waals surface area contributed by atoms with Crippen LogP contribution in [0.1, 0.15) is 61.8 Å². The summed E-state index contributed by atoms with van der Waals surface area (Å²) in [6, 6.07) is 5.96. The molecule has 0 bridgehead atoms. The molecule has 0 fully saturated rings. The summed E-state index contributed by atoms with van der Waals surface area (Å²) in [7, 11) is 0. The van der Waals surface area contributed by atoms with E-state index >= 15 is 0 Å². The lowest BCUT2D eigenvalue weighted by molar-refractivity contribution is 0.0687. The second kappa shape index (κ2) is 8.13. The van der Waals surface area contributed by atoms with Crippen molar-refractivity contribution in [1.29, 1.82) is 0 Å². The molecular formula is C24H28N4O2. The summed E-state index contributed by atoms with van der Waals surface area (Å²) in [5, 5.41) is 10.1. The zero-order chi connectivity index (χ0) is 21.3. The third-order valence-corrected chi connectivity index (χ3v) is 5.70. The van der Waals surface area contributed by atoms with E-state index in [1.807, 2.05) is 12.1 Å². The number of carbonyl (C=O) groups excluding carboxylic acids is 1. The summed E-state index contributed by atoms with van der Waals surface area (Å²) >= 11 is 0. The Morgan fingerprint density at radius 2 is 1.90 bits per heavy atom. The van der Waals surface area contributed by atoms with Crippen molar-refractivity contribution in [2.45, 2.75) is 58.1 Å². The summed E-state index contributed by atoms with van der Waals surface area (Å²) in [6.07, 6.45) is 11.7. The average molecular weight is 405 g/mol. The van der Waals surface area contributed by atoms with Crippen molar-refractivity contribution < 1.29 is 9.90 Å². The Labute approximate surface area is 177 Å². The smallest absolute Gasteiger partial charge is 0.265 e. The van der Waals surface area contributed by atoms with Crippen LogP contribution in [0.5, 0.6) is 0 Å². The highest BCUT2D eigenvalue weighted by atomic mass is 16.3. The van der Waals surface area contributed by atoms with E-state index in [0.29, 0.717) is 11.4 Å². The van der Waals surface area contributed by atoms with Crippen molar-refractivity contribution in [3.63, 3.8) is 0 Å². The summed E-state index contributed by atoms with van der Waals surface area (Å²) in [6.45, 7) is 5.44. The van der Waals surface area contributed by atoms with Crippen molar-refractivity contribution >= 4 is 5.91 Å². The Morgan fingerprint density at radius 1 is 1.13 bits per heavy atom. The van der Waals surface area contributed by atoms with Crippen LogP contribution in [0.2, 0.25) is 0 Å². The summed E-state index contributed by atoms with van der Waals surface area (Å²) in [5.41, 5.74) is 11.2. The van der Waals surface area contributed by atoms with Crippen molar-refractivity contribution in [3.8, 4) is 11.1 Å². The Morgan fingerprint density at radius 3 is 2.60 bits per heavy atom. The minimum absolute atomic E-state index is 0.112. The minimum atomic E-state index is -1.08. The first-order chi connectivity index (χ1) is 14.3. The maximum absolute atomic E-state index is 12.7. The molecule has 2 aliphatic rings. The van der Waals surface area contributed by atoms with E-state index in [1.54, 1.807) is 26.2 Å². The molecule has 0 saturated carbocycles. The standard InChI is InChI=1S/C24H28N4O2/c1-15-5-4-6-18(11-15)21-10-8-17-12-16(7-9-20(17)22(29)28-27-21)19-13-25-23(26-14-19)24(2,3)30/h5,7,9,11-14,21,27,30H,4,6,8,10H2,1-3H3,(H,28,29)/t21-/m1/s1. The number of allylic oxidation sites excluding steroid dienone is 3. The van der Waals surface area contributed by atoms with Crippen LogP contribution in [0.4, 0.5) is 0 Å². The first kappa shape index (κ1) is 20.4. The van der Waals surface area contributed by atoms with Gasteiger partial charge in [-0.25, -0.2) is 15.4 Å². The molecule has 1 atom stereocenters. The number of amides is 1. The van der Waals surface area contributed by atoms with Gasteiger partial charge in [-0.3, -0.25) is 10.2 Å². The number of benzene rings is 1. The average Bonchev–Trinajstić information content (AvgIpc) is 2.71. The highest BCUT2D eigenvalue weighted by Crippen LogP contribution is 2.27. The van der Waals surface area contributed by atoms with Gasteiger partial charge in [0.1, 0.15) is 5.60 Å². The van der Waals surface area contributed by atoms with Crippen LogP contribution >= 0.6 is 0 Å². The number of fused-ring (bicyclic) bond motifs is 1. The Balaban J connectivity index is 1.60. The number of hydrogen-bond donors (Lipinski definition) is 3. The van der Waals surface area contributed by atoms with Crippen molar-refractivity contribution in [3.05, 3.63) is 70.8 Å². The molecule has 0 radical (unpaired) electrons. The molecule has 0 unspecified atom stereocenters. The molecule has 1 aromatic carbocycles. The maximum atomic E-state index is 12.7. The summed E-state index contributed by atoms with van der Waals surface area (Å²) < 4.78 is 0. The predicted molar refractivity (Wildman–Crippen MR) is 116 cm³/mol. The molecule has 1 amide bonds. The van der Waals surface area contributed by atoms with Gasteiger partial charge in [-0.2, -0.15) is 0 Å². The number of hydrogen-bond acceptors (Lipinski definition) is 5. The van der Waals surface area contributed by atoms with E-state index in [9.17, 15) is 9.90 Å². The van der Waals surface area contributed by atoms with Crippen LogP contribution in [-0.2, 0) is 12.0 Å². The quantitative estimate of drug-likeness (QED) is 0.728. The molecule has 3 N–H and O–H groups in total. The van der Waals surface area contributed by atoms with Gasteiger partial charge in [-0.05, 0) is 63.6 Å². The lowest BCUT2D eigenvalue weighted by Crippen LogP contribution is -2.47. The number of aromatic nitrogens is 2. The molecule has 4 rings (SSSR count). The van der Waals surface area contributed by atoms with Gasteiger partial charge in [0, 0.05) is 29.6 Å². The predicted octanol–water partition coefficient (Wildman–Crippen LogP) is 3.59. The highest BCUT2D eigenvalue weighted by molar-refractivity contribution is 5.96. The van der Waals surface area contributed by atoms with Crippen LogP contribution < -0.4 is 10.9 Å². The van der Waals surface area contributed by atoms with E-state index < -0.39 is 5.60 Å². The monoisotopic (exact) mass is 404 g/mol. The van der Waals surface area contributed by atoms with Crippen LogP contribution in [0.15, 0.2) is 53.9 Å². The molecule has 6 nitrogen and oxygen atoms in total. The van der Waals surface area contributed by atoms with Crippen LogP contribution in [-0.4, -0.2) is 27.0 Å². The van der Waals surface area contributed by atoms with Gasteiger partial charge in [-0.1, -0.05) is 35.4 Å². The molecule has 1 aromatic heterocycles. The second-order valence-corrected chi connectivity index (χ2v) is 8.62. The van der Waals surface area contributed by atoms with E-state index in [0.717, 1.165) is 42.4 Å². The number of aryl methyl sites for hydroxylation is 1. The topological polar surface area (TPSA) is 87.1 Å². The lowest BCUT2D eigenvalue weighted by atomic mass is 9.89. The van der Waals surface area contributed by atoms with Crippen molar-refractivity contribution in [2.75, 3.05) is 0 Å². The SMILES string of the molecule is CC1=CCCC([C@H]2CCc3cc(-c4cnc(C(C)(C)O)nc4)ccc3C(=O)NN2)=C1. The van der Waals surface area contributed by atoms with Gasteiger partial charge in [-0.15, -0.1) is 0 Å². The van der Waals surface area contributed by atoms with Gasteiger partial charge in [0.05, 0.1) is 0 Å². The molecule has 1 aliphatic carbocycles. The highest BCUT2D eigenvalue weighted by Gasteiger charge is 2.23. The molecule has 30 heavy (non-hydrogen) atoms. The Hall–Kier alpha value is -2.83. The third kappa shape index (κ3) is 4.35. The van der Waals surface area contributed by atoms with Crippen molar-refractivity contribution in [2.24, 2.45) is 0 Å². The number of rotatable bonds is 3. The van der Waals surface area contributed by atoms with Gasteiger partial charge < -0.3 is 5.11 Å². The third-order valence-electron chi connectivity index (χ3n) is 5.70. The van der Waals surface area contributed by atoms with E-state index in [1.165, 1.54) is 11.1 Å². The summed E-state index contributed by atoms with van der Waals surface area (Å²) in [4.78, 5) is 21.3. The van der Waals surface area contributed by atoms with Gasteiger partial charge >= 0.3 is 0 Å². The van der Waals surface area contributed by atoms with E-state index in [4.69, 9.17) is 0 Å². The van der Waals surface area contributed by atoms with Crippen LogP contribution in [0.25, 0.3) is 11.1 Å². The fourth-order valence-electron chi connectivity index (χ4n) is 4.03. The fraction of sp³-hybridized carbons (Fsp3) is 0.375. The van der Waals surface area contributed by atoms with Crippen molar-refractivity contribution in [1.82, 2.24) is 20.8 Å². The fourth-order valence-corrected chi connectivity index (χ4v) is 4.03. The second-order valence-electron chi connectivity index (χ2n) is 8.62. The van der Waals surface area contributed by atoms with Crippen LogP contribution in [0, 0.1) is 0 Å².